The Kier molecular flexibility index (Phi) is 5.99. The maximum atomic E-state index is 5.88. The topological polar surface area (TPSA) is 9.23 Å². The van der Waals surface area contributed by atoms with Crippen molar-refractivity contribution in [2.24, 2.45) is 0 Å². The first-order valence-electron chi connectivity index (χ1n) is 4.19. The van der Waals surface area contributed by atoms with Crippen LogP contribution in [0.2, 0.25) is 19.6 Å². The number of hydrogen-bond acceptors (Lipinski definition) is 1. The molecule has 11 heavy (non-hydrogen) atoms. The fourth-order valence-electron chi connectivity index (χ4n) is 1.03. The summed E-state index contributed by atoms with van der Waals surface area (Å²) in [6.45, 7) is 8.92. The van der Waals surface area contributed by atoms with Gasteiger partial charge in [-0.3, -0.25) is 0 Å². The minimum Gasteiger partial charge on any atom is -0.415 e. The SMILES string of the molecule is CC(CCCI)O[Si](C)(C)C. The molecule has 0 saturated heterocycles. The van der Waals surface area contributed by atoms with Crippen LogP contribution in [0.4, 0.5) is 0 Å². The summed E-state index contributed by atoms with van der Waals surface area (Å²) in [4.78, 5) is 0. The lowest BCUT2D eigenvalue weighted by molar-refractivity contribution is 0.203. The average Bonchev–Trinajstić information content (AvgIpc) is 1.79. The fourth-order valence-corrected chi connectivity index (χ4v) is 2.79. The molecule has 0 aromatic rings. The Labute approximate surface area is 85.2 Å². The van der Waals surface area contributed by atoms with Crippen LogP contribution in [0.15, 0.2) is 0 Å². The van der Waals surface area contributed by atoms with Crippen molar-refractivity contribution in [3.05, 3.63) is 0 Å². The highest BCUT2D eigenvalue weighted by atomic mass is 127. The lowest BCUT2D eigenvalue weighted by Gasteiger charge is -2.23. The summed E-state index contributed by atoms with van der Waals surface area (Å²) >= 11 is 2.41. The van der Waals surface area contributed by atoms with Crippen molar-refractivity contribution in [1.29, 1.82) is 0 Å². The van der Waals surface area contributed by atoms with E-state index >= 15 is 0 Å². The molecular formula is C8H19IOSi. The molecule has 0 fully saturated rings. The van der Waals surface area contributed by atoms with Crippen LogP contribution >= 0.6 is 22.6 Å². The molecule has 0 N–H and O–H groups in total. The van der Waals surface area contributed by atoms with Crippen LogP contribution in [0.5, 0.6) is 0 Å². The van der Waals surface area contributed by atoms with Crippen molar-refractivity contribution in [3.8, 4) is 0 Å². The van der Waals surface area contributed by atoms with E-state index in [-0.39, 0.29) is 0 Å². The monoisotopic (exact) mass is 286 g/mol. The first-order chi connectivity index (χ1) is 4.95. The first-order valence-corrected chi connectivity index (χ1v) is 9.13. The highest BCUT2D eigenvalue weighted by Gasteiger charge is 2.17. The Hall–Kier alpha value is 0.907. The van der Waals surface area contributed by atoms with E-state index in [1.807, 2.05) is 0 Å². The molecule has 1 atom stereocenters. The molecule has 1 unspecified atom stereocenters. The standard InChI is InChI=1S/C8H19IOSi/c1-8(6-5-7-9)10-11(2,3)4/h8H,5-7H2,1-4H3. The molecule has 0 aliphatic rings. The molecule has 0 rings (SSSR count). The van der Waals surface area contributed by atoms with Gasteiger partial charge in [-0.25, -0.2) is 0 Å². The molecule has 0 saturated carbocycles. The molecule has 0 amide bonds. The molecule has 3 heteroatoms. The lowest BCUT2D eigenvalue weighted by atomic mass is 10.2. The molecule has 0 radical (unpaired) electrons. The van der Waals surface area contributed by atoms with Crippen molar-refractivity contribution in [3.63, 3.8) is 0 Å². The van der Waals surface area contributed by atoms with Crippen LogP contribution in [0.1, 0.15) is 19.8 Å². The van der Waals surface area contributed by atoms with Crippen LogP contribution < -0.4 is 0 Å². The summed E-state index contributed by atoms with van der Waals surface area (Å²) in [5.41, 5.74) is 0. The van der Waals surface area contributed by atoms with Gasteiger partial charge in [0.2, 0.25) is 0 Å². The average molecular weight is 286 g/mol. The number of rotatable bonds is 5. The largest absolute Gasteiger partial charge is 0.415 e. The molecule has 68 valence electrons. The van der Waals surface area contributed by atoms with Crippen molar-refractivity contribution in [2.75, 3.05) is 4.43 Å². The number of hydrogen-bond donors (Lipinski definition) is 0. The van der Waals surface area contributed by atoms with E-state index in [4.69, 9.17) is 4.43 Å². The second-order valence-corrected chi connectivity index (χ2v) is 9.41. The first kappa shape index (κ1) is 11.9. The second kappa shape index (κ2) is 5.53. The molecule has 0 bridgehead atoms. The van der Waals surface area contributed by atoms with E-state index in [9.17, 15) is 0 Å². The normalized spacial score (nSPS) is 15.0. The third-order valence-corrected chi connectivity index (χ3v) is 3.17. The van der Waals surface area contributed by atoms with Gasteiger partial charge in [0.05, 0.1) is 0 Å². The highest BCUT2D eigenvalue weighted by Crippen LogP contribution is 2.11. The van der Waals surface area contributed by atoms with Gasteiger partial charge in [-0.1, -0.05) is 22.6 Å². The molecular weight excluding hydrogens is 267 g/mol. The summed E-state index contributed by atoms with van der Waals surface area (Å²) in [7, 11) is -1.27. The van der Waals surface area contributed by atoms with Crippen molar-refractivity contribution in [2.45, 2.75) is 45.5 Å². The van der Waals surface area contributed by atoms with Crippen molar-refractivity contribution >= 4 is 30.9 Å². The van der Waals surface area contributed by atoms with Gasteiger partial charge in [0.25, 0.3) is 0 Å². The number of alkyl halides is 1. The molecule has 0 aliphatic carbocycles. The summed E-state index contributed by atoms with van der Waals surface area (Å²) in [6.07, 6.45) is 2.97. The summed E-state index contributed by atoms with van der Waals surface area (Å²) in [6, 6.07) is 0. The van der Waals surface area contributed by atoms with Gasteiger partial charge < -0.3 is 4.43 Å². The fraction of sp³-hybridized carbons (Fsp3) is 1.00. The molecule has 0 aliphatic heterocycles. The molecule has 0 spiro atoms. The Balaban J connectivity index is 3.44. The Morgan fingerprint density at radius 3 is 2.27 bits per heavy atom. The van der Waals surface area contributed by atoms with E-state index < -0.39 is 8.32 Å². The summed E-state index contributed by atoms with van der Waals surface area (Å²) in [5, 5.41) is 0. The van der Waals surface area contributed by atoms with E-state index in [1.165, 1.54) is 17.3 Å². The quantitative estimate of drug-likeness (QED) is 0.427. The van der Waals surface area contributed by atoms with E-state index in [1.54, 1.807) is 0 Å². The van der Waals surface area contributed by atoms with Crippen LogP contribution in [-0.2, 0) is 4.43 Å². The Morgan fingerprint density at radius 1 is 1.36 bits per heavy atom. The number of halogens is 1. The van der Waals surface area contributed by atoms with E-state index in [2.05, 4.69) is 49.2 Å². The predicted octanol–water partition coefficient (Wildman–Crippen LogP) is 3.44. The minimum absolute atomic E-state index is 0.469. The lowest BCUT2D eigenvalue weighted by Crippen LogP contribution is -2.30. The zero-order chi connectivity index (χ0) is 8.91. The predicted molar refractivity (Wildman–Crippen MR) is 62.0 cm³/mol. The second-order valence-electron chi connectivity index (χ2n) is 3.87. The van der Waals surface area contributed by atoms with E-state index in [0.717, 1.165) is 0 Å². The van der Waals surface area contributed by atoms with Gasteiger partial charge in [-0.15, -0.1) is 0 Å². The van der Waals surface area contributed by atoms with Gasteiger partial charge in [0.15, 0.2) is 8.32 Å². The van der Waals surface area contributed by atoms with Crippen molar-refractivity contribution < 1.29 is 4.43 Å². The zero-order valence-corrected chi connectivity index (χ0v) is 11.1. The summed E-state index contributed by atoms with van der Waals surface area (Å²) in [5.74, 6) is 0. The van der Waals surface area contributed by atoms with Crippen LogP contribution in [-0.4, -0.2) is 18.8 Å². The van der Waals surface area contributed by atoms with Gasteiger partial charge >= 0.3 is 0 Å². The van der Waals surface area contributed by atoms with E-state index in [0.29, 0.717) is 6.10 Å². The van der Waals surface area contributed by atoms with Crippen LogP contribution in [0.25, 0.3) is 0 Å². The Morgan fingerprint density at radius 2 is 1.91 bits per heavy atom. The minimum atomic E-state index is -1.27. The molecule has 0 heterocycles. The summed E-state index contributed by atoms with van der Waals surface area (Å²) < 4.78 is 7.12. The van der Waals surface area contributed by atoms with Gasteiger partial charge in [0.1, 0.15) is 0 Å². The molecule has 0 aromatic heterocycles. The third-order valence-electron chi connectivity index (χ3n) is 1.30. The maximum absolute atomic E-state index is 5.88. The highest BCUT2D eigenvalue weighted by molar-refractivity contribution is 14.1. The van der Waals surface area contributed by atoms with Gasteiger partial charge in [0, 0.05) is 6.10 Å². The third kappa shape index (κ3) is 8.82. The van der Waals surface area contributed by atoms with Crippen molar-refractivity contribution in [1.82, 2.24) is 0 Å². The van der Waals surface area contributed by atoms with Crippen LogP contribution in [0, 0.1) is 0 Å². The Bertz CT molecular complexity index is 101. The van der Waals surface area contributed by atoms with Gasteiger partial charge in [-0.2, -0.15) is 0 Å². The molecule has 1 nitrogen and oxygen atoms in total. The van der Waals surface area contributed by atoms with Crippen LogP contribution in [0.3, 0.4) is 0 Å². The molecule has 0 aromatic carbocycles. The van der Waals surface area contributed by atoms with Gasteiger partial charge in [-0.05, 0) is 43.8 Å². The smallest absolute Gasteiger partial charge is 0.184 e. The zero-order valence-electron chi connectivity index (χ0n) is 7.98. The maximum Gasteiger partial charge on any atom is 0.184 e.